The van der Waals surface area contributed by atoms with Crippen LogP contribution in [0.3, 0.4) is 0 Å². The number of hydrogen-bond donors (Lipinski definition) is 1. The van der Waals surface area contributed by atoms with Crippen LogP contribution < -0.4 is 4.72 Å². The van der Waals surface area contributed by atoms with E-state index in [9.17, 15) is 21.6 Å². The van der Waals surface area contributed by atoms with Gasteiger partial charge in [-0.2, -0.15) is 21.6 Å². The van der Waals surface area contributed by atoms with Gasteiger partial charge >= 0.3 is 6.18 Å². The molecular weight excluding hydrogens is 375 g/mol. The van der Waals surface area contributed by atoms with E-state index in [0.29, 0.717) is 11.8 Å². The highest BCUT2D eigenvalue weighted by Gasteiger charge is 2.28. The topological polar surface area (TPSA) is 64.0 Å². The molecule has 0 saturated heterocycles. The van der Waals surface area contributed by atoms with Crippen molar-refractivity contribution in [1.29, 1.82) is 0 Å². The Balaban J connectivity index is 2.28. The zero-order valence-corrected chi connectivity index (χ0v) is 14.0. The minimum Gasteiger partial charge on any atom is -0.324 e. The van der Waals surface area contributed by atoms with Gasteiger partial charge in [0.05, 0.1) is 17.8 Å². The lowest BCUT2D eigenvalue weighted by Gasteiger charge is -2.12. The van der Waals surface area contributed by atoms with Crippen molar-refractivity contribution in [2.24, 2.45) is 7.05 Å². The second kappa shape index (κ2) is 6.62. The molecule has 0 spiro atoms. The molecule has 23 heavy (non-hydrogen) atoms. The normalized spacial score (nSPS) is 12.4. The number of imidazole rings is 1. The number of thioether (sulfide) groups is 1. The summed E-state index contributed by atoms with van der Waals surface area (Å²) in [6, 6.07) is 5.79. The van der Waals surface area contributed by atoms with E-state index in [1.54, 1.807) is 0 Å². The molecule has 5 nitrogen and oxygen atoms in total. The number of aryl methyl sites for hydroxylation is 1. The van der Waals surface area contributed by atoms with Crippen LogP contribution in [-0.4, -0.2) is 29.9 Å². The smallest absolute Gasteiger partial charge is 0.324 e. The molecule has 0 aliphatic heterocycles. The predicted molar refractivity (Wildman–Crippen MR) is 82.2 cm³/mol. The lowest BCUT2D eigenvalue weighted by Crippen LogP contribution is -2.15. The van der Waals surface area contributed by atoms with Gasteiger partial charge in [0.2, 0.25) is 5.03 Å². The molecule has 126 valence electrons. The van der Waals surface area contributed by atoms with Crippen molar-refractivity contribution in [2.45, 2.75) is 16.1 Å². The Bertz CT molecular complexity index is 806. The van der Waals surface area contributed by atoms with Gasteiger partial charge in [-0.05, 0) is 12.1 Å². The number of anilines is 1. The molecular formula is C12H11ClF3N3O2S2. The van der Waals surface area contributed by atoms with Crippen LogP contribution in [0.1, 0.15) is 0 Å². The average molecular weight is 386 g/mol. The molecule has 1 aromatic carbocycles. The second-order valence-electron chi connectivity index (χ2n) is 4.46. The number of benzene rings is 1. The monoisotopic (exact) mass is 385 g/mol. The molecule has 1 heterocycles. The minimum absolute atomic E-state index is 0.0310. The number of para-hydroxylation sites is 1. The van der Waals surface area contributed by atoms with E-state index in [-0.39, 0.29) is 15.7 Å². The molecule has 0 aliphatic rings. The fraction of sp³-hybridized carbons (Fsp3) is 0.250. The predicted octanol–water partition coefficient (Wildman–Crippen LogP) is 3.53. The fourth-order valence-corrected chi connectivity index (χ4v) is 3.95. The van der Waals surface area contributed by atoms with Gasteiger partial charge in [0, 0.05) is 11.9 Å². The van der Waals surface area contributed by atoms with Crippen LogP contribution in [-0.2, 0) is 17.1 Å². The largest absolute Gasteiger partial charge is 0.398 e. The summed E-state index contributed by atoms with van der Waals surface area (Å²) in [4.78, 5) is 3.85. The Hall–Kier alpha value is -1.39. The number of nitrogens with one attached hydrogen (secondary N) is 1. The maximum atomic E-state index is 12.3. The molecule has 0 fully saturated rings. The van der Waals surface area contributed by atoms with Gasteiger partial charge in [0.25, 0.3) is 10.0 Å². The standard InChI is InChI=1S/C12H11ClF3N3O2S2/c1-19-7-17-11(10(19)13)23(20,21)18-8-4-2-3-5-9(8)22-6-12(14,15)16/h2-5,7,18H,6H2,1H3. The number of alkyl halides is 3. The van der Waals surface area contributed by atoms with Crippen LogP contribution in [0.25, 0.3) is 0 Å². The highest BCUT2D eigenvalue weighted by molar-refractivity contribution is 7.99. The van der Waals surface area contributed by atoms with Crippen LogP contribution in [0.4, 0.5) is 18.9 Å². The third-order valence-corrected chi connectivity index (χ3v) is 5.60. The molecule has 0 atom stereocenters. The summed E-state index contributed by atoms with van der Waals surface area (Å²) in [6.07, 6.45) is -3.14. The molecule has 1 N–H and O–H groups in total. The van der Waals surface area contributed by atoms with Crippen molar-refractivity contribution < 1.29 is 21.6 Å². The number of sulfonamides is 1. The Kier molecular flexibility index (Phi) is 5.17. The van der Waals surface area contributed by atoms with E-state index < -0.39 is 27.0 Å². The average Bonchev–Trinajstić information content (AvgIpc) is 2.77. The van der Waals surface area contributed by atoms with E-state index in [2.05, 4.69) is 9.71 Å². The van der Waals surface area contributed by atoms with Gasteiger partial charge in [-0.25, -0.2) is 4.98 Å². The van der Waals surface area contributed by atoms with Crippen LogP contribution >= 0.6 is 23.4 Å². The summed E-state index contributed by atoms with van der Waals surface area (Å²) in [5.74, 6) is -1.13. The lowest BCUT2D eigenvalue weighted by molar-refractivity contribution is -0.105. The number of nitrogens with zero attached hydrogens (tertiary/aromatic N) is 2. The van der Waals surface area contributed by atoms with Gasteiger partial charge in [0.15, 0.2) is 0 Å². The third-order valence-electron chi connectivity index (χ3n) is 2.61. The molecule has 11 heteroatoms. The van der Waals surface area contributed by atoms with E-state index in [4.69, 9.17) is 11.6 Å². The quantitative estimate of drug-likeness (QED) is 0.800. The highest BCUT2D eigenvalue weighted by Crippen LogP contribution is 2.33. The van der Waals surface area contributed by atoms with Crippen molar-refractivity contribution in [1.82, 2.24) is 9.55 Å². The van der Waals surface area contributed by atoms with Crippen LogP contribution in [0.2, 0.25) is 5.15 Å². The summed E-state index contributed by atoms with van der Waals surface area (Å²) in [5.41, 5.74) is 0.0310. The SMILES string of the molecule is Cn1cnc(S(=O)(=O)Nc2ccccc2SCC(F)(F)F)c1Cl. The maximum absolute atomic E-state index is 12.3. The maximum Gasteiger partial charge on any atom is 0.398 e. The van der Waals surface area contributed by atoms with Crippen molar-refractivity contribution >= 4 is 39.1 Å². The van der Waals surface area contributed by atoms with Crippen LogP contribution in [0, 0.1) is 0 Å². The lowest BCUT2D eigenvalue weighted by atomic mass is 10.3. The van der Waals surface area contributed by atoms with Crippen molar-refractivity contribution in [3.8, 4) is 0 Å². The molecule has 2 rings (SSSR count). The molecule has 0 amide bonds. The molecule has 0 aliphatic carbocycles. The number of rotatable bonds is 5. The van der Waals surface area contributed by atoms with E-state index in [0.717, 1.165) is 0 Å². The Morgan fingerprint density at radius 1 is 1.35 bits per heavy atom. The first-order valence-electron chi connectivity index (χ1n) is 6.08. The molecule has 0 saturated carbocycles. The number of aromatic nitrogens is 2. The summed E-state index contributed by atoms with van der Waals surface area (Å²) < 4.78 is 65.1. The van der Waals surface area contributed by atoms with Crippen molar-refractivity contribution in [3.63, 3.8) is 0 Å². The van der Waals surface area contributed by atoms with Gasteiger partial charge in [-0.3, -0.25) is 4.72 Å². The highest BCUT2D eigenvalue weighted by atomic mass is 35.5. The van der Waals surface area contributed by atoms with Crippen molar-refractivity contribution in [3.05, 3.63) is 35.7 Å². The van der Waals surface area contributed by atoms with Gasteiger partial charge in [-0.1, -0.05) is 23.7 Å². The molecule has 1 aromatic heterocycles. The summed E-state index contributed by atoms with van der Waals surface area (Å²) >= 11 is 6.34. The summed E-state index contributed by atoms with van der Waals surface area (Å²) in [6.45, 7) is 0. The van der Waals surface area contributed by atoms with E-state index in [1.807, 2.05) is 0 Å². The van der Waals surface area contributed by atoms with E-state index in [1.165, 1.54) is 42.2 Å². The minimum atomic E-state index is -4.36. The first kappa shape index (κ1) is 18.0. The van der Waals surface area contributed by atoms with Crippen LogP contribution in [0.15, 0.2) is 40.5 Å². The molecule has 2 aromatic rings. The zero-order chi connectivity index (χ0) is 17.3. The molecule has 0 unspecified atom stereocenters. The fourth-order valence-electron chi connectivity index (χ4n) is 1.60. The summed E-state index contributed by atoms with van der Waals surface area (Å²) in [5, 5.41) is -0.491. The van der Waals surface area contributed by atoms with Crippen LogP contribution in [0.5, 0.6) is 0 Å². The van der Waals surface area contributed by atoms with Crippen molar-refractivity contribution in [2.75, 3.05) is 10.5 Å². The third kappa shape index (κ3) is 4.55. The Morgan fingerprint density at radius 3 is 2.57 bits per heavy atom. The van der Waals surface area contributed by atoms with Gasteiger partial charge < -0.3 is 4.57 Å². The van der Waals surface area contributed by atoms with Gasteiger partial charge in [0.1, 0.15) is 5.15 Å². The second-order valence-corrected chi connectivity index (χ2v) is 7.43. The zero-order valence-electron chi connectivity index (χ0n) is 11.6. The first-order chi connectivity index (χ1) is 10.6. The van der Waals surface area contributed by atoms with E-state index >= 15 is 0 Å². The Morgan fingerprint density at radius 2 is 2.00 bits per heavy atom. The number of halogens is 4. The number of hydrogen-bond acceptors (Lipinski definition) is 4. The van der Waals surface area contributed by atoms with Gasteiger partial charge in [-0.15, -0.1) is 11.8 Å². The molecule has 0 radical (unpaired) electrons. The molecule has 0 bridgehead atoms. The summed E-state index contributed by atoms with van der Waals surface area (Å²) in [7, 11) is -2.59. The first-order valence-corrected chi connectivity index (χ1v) is 8.93. The Labute approximate surface area is 139 Å².